The zero-order chi connectivity index (χ0) is 19.9. The van der Waals surface area contributed by atoms with Crippen molar-refractivity contribution in [1.29, 1.82) is 0 Å². The summed E-state index contributed by atoms with van der Waals surface area (Å²) in [6.45, 7) is 6.36. The van der Waals surface area contributed by atoms with Crippen LogP contribution in [-0.4, -0.2) is 25.3 Å². The lowest BCUT2D eigenvalue weighted by Crippen LogP contribution is -2.24. The van der Waals surface area contributed by atoms with Crippen LogP contribution in [0.2, 0.25) is 0 Å². The van der Waals surface area contributed by atoms with Gasteiger partial charge in [0.15, 0.2) is 6.61 Å². The number of rotatable bonds is 7. The van der Waals surface area contributed by atoms with E-state index < -0.39 is 0 Å². The molecule has 0 heterocycles. The van der Waals surface area contributed by atoms with Gasteiger partial charge in [0.25, 0.3) is 5.91 Å². The molecule has 28 heavy (non-hydrogen) atoms. The van der Waals surface area contributed by atoms with Gasteiger partial charge in [0, 0.05) is 5.56 Å². The standard InChI is InChI=1S/C23H24N2O3/c1-4-27-22-10-9-18-7-5-6-8-20(18)21(22)14-24-25-23(26)15-28-19-12-16(2)11-17(3)13-19/h5-14H,4,15H2,1-3H3,(H,25,26). The van der Waals surface area contributed by atoms with Crippen molar-refractivity contribution in [2.24, 2.45) is 5.10 Å². The number of hydrogen-bond acceptors (Lipinski definition) is 4. The molecule has 1 N–H and O–H groups in total. The Morgan fingerprint density at radius 3 is 2.54 bits per heavy atom. The number of benzene rings is 3. The minimum atomic E-state index is -0.325. The molecule has 144 valence electrons. The fourth-order valence-corrected chi connectivity index (χ4v) is 3.06. The van der Waals surface area contributed by atoms with E-state index in [0.717, 1.165) is 33.2 Å². The second-order valence-electron chi connectivity index (χ2n) is 6.54. The average molecular weight is 376 g/mol. The maximum absolute atomic E-state index is 12.1. The van der Waals surface area contributed by atoms with E-state index in [1.54, 1.807) is 6.21 Å². The number of aryl methyl sites for hydroxylation is 2. The number of amides is 1. The van der Waals surface area contributed by atoms with Crippen molar-refractivity contribution < 1.29 is 14.3 Å². The molecule has 0 spiro atoms. The van der Waals surface area contributed by atoms with E-state index in [1.165, 1.54) is 0 Å². The van der Waals surface area contributed by atoms with Crippen LogP contribution in [0.4, 0.5) is 0 Å². The summed E-state index contributed by atoms with van der Waals surface area (Å²) in [7, 11) is 0. The molecule has 0 aromatic heterocycles. The Bertz CT molecular complexity index is 992. The van der Waals surface area contributed by atoms with Gasteiger partial charge >= 0.3 is 0 Å². The summed E-state index contributed by atoms with van der Waals surface area (Å²) in [4.78, 5) is 12.1. The van der Waals surface area contributed by atoms with Gasteiger partial charge in [0.1, 0.15) is 11.5 Å². The monoisotopic (exact) mass is 376 g/mol. The smallest absolute Gasteiger partial charge is 0.277 e. The Kier molecular flexibility index (Phi) is 6.27. The van der Waals surface area contributed by atoms with E-state index in [-0.39, 0.29) is 12.5 Å². The highest BCUT2D eigenvalue weighted by molar-refractivity contribution is 6.02. The van der Waals surface area contributed by atoms with Gasteiger partial charge < -0.3 is 9.47 Å². The lowest BCUT2D eigenvalue weighted by atomic mass is 10.0. The Morgan fingerprint density at radius 2 is 1.79 bits per heavy atom. The van der Waals surface area contributed by atoms with Crippen molar-refractivity contribution in [2.45, 2.75) is 20.8 Å². The van der Waals surface area contributed by atoms with Crippen LogP contribution in [0, 0.1) is 13.8 Å². The van der Waals surface area contributed by atoms with Gasteiger partial charge in [-0.15, -0.1) is 0 Å². The van der Waals surface area contributed by atoms with Crippen LogP contribution in [0.25, 0.3) is 10.8 Å². The molecule has 3 rings (SSSR count). The molecule has 0 radical (unpaired) electrons. The Hall–Kier alpha value is -3.34. The van der Waals surface area contributed by atoms with Gasteiger partial charge in [0.05, 0.1) is 12.8 Å². The van der Waals surface area contributed by atoms with Crippen LogP contribution in [0.5, 0.6) is 11.5 Å². The number of carbonyl (C=O) groups excluding carboxylic acids is 1. The molecule has 0 fully saturated rings. The maximum Gasteiger partial charge on any atom is 0.277 e. The molecule has 1 amide bonds. The molecule has 0 atom stereocenters. The van der Waals surface area contributed by atoms with Crippen LogP contribution in [0.15, 0.2) is 59.7 Å². The van der Waals surface area contributed by atoms with Crippen LogP contribution in [0.3, 0.4) is 0 Å². The van der Waals surface area contributed by atoms with E-state index in [1.807, 2.05) is 69.3 Å². The third-order valence-corrected chi connectivity index (χ3v) is 4.18. The number of hydrogen-bond donors (Lipinski definition) is 1. The normalized spacial score (nSPS) is 11.0. The second kappa shape index (κ2) is 9.04. The molecular formula is C23H24N2O3. The third-order valence-electron chi connectivity index (χ3n) is 4.18. The molecule has 3 aromatic rings. The molecule has 0 bridgehead atoms. The highest BCUT2D eigenvalue weighted by Crippen LogP contribution is 2.26. The first kappa shape index (κ1) is 19.4. The summed E-state index contributed by atoms with van der Waals surface area (Å²) < 4.78 is 11.3. The molecule has 0 aliphatic carbocycles. The highest BCUT2D eigenvalue weighted by atomic mass is 16.5. The first-order valence-electron chi connectivity index (χ1n) is 9.24. The highest BCUT2D eigenvalue weighted by Gasteiger charge is 2.07. The summed E-state index contributed by atoms with van der Waals surface area (Å²) in [5, 5.41) is 6.19. The fraction of sp³-hybridized carbons (Fsp3) is 0.217. The lowest BCUT2D eigenvalue weighted by molar-refractivity contribution is -0.123. The Balaban J connectivity index is 1.68. The third kappa shape index (κ3) is 4.88. The number of nitrogens with zero attached hydrogens (tertiary/aromatic N) is 1. The van der Waals surface area contributed by atoms with Crippen molar-refractivity contribution in [3.05, 3.63) is 71.3 Å². The minimum Gasteiger partial charge on any atom is -0.493 e. The quantitative estimate of drug-likeness (QED) is 0.492. The molecular weight excluding hydrogens is 352 g/mol. The summed E-state index contributed by atoms with van der Waals surface area (Å²) in [6.07, 6.45) is 1.61. The molecule has 0 saturated heterocycles. The number of nitrogens with one attached hydrogen (secondary N) is 1. The predicted octanol–water partition coefficient (Wildman–Crippen LogP) is 4.38. The predicted molar refractivity (Wildman–Crippen MR) is 112 cm³/mol. The van der Waals surface area contributed by atoms with E-state index >= 15 is 0 Å². The van der Waals surface area contributed by atoms with Gasteiger partial charge in [-0.05, 0) is 60.9 Å². The van der Waals surface area contributed by atoms with Crippen LogP contribution >= 0.6 is 0 Å². The van der Waals surface area contributed by atoms with Gasteiger partial charge in [-0.3, -0.25) is 4.79 Å². The van der Waals surface area contributed by atoms with Crippen LogP contribution in [0.1, 0.15) is 23.6 Å². The lowest BCUT2D eigenvalue weighted by Gasteiger charge is -2.10. The Labute approximate surface area is 165 Å². The molecule has 0 aliphatic heterocycles. The average Bonchev–Trinajstić information content (AvgIpc) is 2.67. The van der Waals surface area contributed by atoms with Crippen molar-refractivity contribution >= 4 is 22.9 Å². The van der Waals surface area contributed by atoms with Gasteiger partial charge in [-0.2, -0.15) is 5.10 Å². The SMILES string of the molecule is CCOc1ccc2ccccc2c1C=NNC(=O)COc1cc(C)cc(C)c1. The van der Waals surface area contributed by atoms with E-state index in [4.69, 9.17) is 9.47 Å². The van der Waals surface area contributed by atoms with Crippen LogP contribution < -0.4 is 14.9 Å². The Morgan fingerprint density at radius 1 is 1.04 bits per heavy atom. The molecule has 5 nitrogen and oxygen atoms in total. The van der Waals surface area contributed by atoms with Crippen molar-refractivity contribution in [1.82, 2.24) is 5.43 Å². The second-order valence-corrected chi connectivity index (χ2v) is 6.54. The first-order chi connectivity index (χ1) is 13.6. The minimum absolute atomic E-state index is 0.103. The van der Waals surface area contributed by atoms with E-state index in [0.29, 0.717) is 12.4 Å². The summed E-state index contributed by atoms with van der Waals surface area (Å²) >= 11 is 0. The molecule has 0 aliphatic rings. The van der Waals surface area contributed by atoms with E-state index in [2.05, 4.69) is 16.6 Å². The maximum atomic E-state index is 12.1. The first-order valence-corrected chi connectivity index (χ1v) is 9.24. The van der Waals surface area contributed by atoms with Crippen LogP contribution in [-0.2, 0) is 4.79 Å². The van der Waals surface area contributed by atoms with Crippen molar-refractivity contribution in [3.63, 3.8) is 0 Å². The van der Waals surface area contributed by atoms with Gasteiger partial charge in [0.2, 0.25) is 0 Å². The van der Waals surface area contributed by atoms with E-state index in [9.17, 15) is 4.79 Å². The summed E-state index contributed by atoms with van der Waals surface area (Å²) in [5.41, 5.74) is 5.52. The van der Waals surface area contributed by atoms with Gasteiger partial charge in [-0.1, -0.05) is 36.4 Å². The fourth-order valence-electron chi connectivity index (χ4n) is 3.06. The topological polar surface area (TPSA) is 59.9 Å². The number of fused-ring (bicyclic) bond motifs is 1. The number of hydrazone groups is 1. The van der Waals surface area contributed by atoms with Crippen molar-refractivity contribution in [2.75, 3.05) is 13.2 Å². The largest absolute Gasteiger partial charge is 0.493 e. The summed E-state index contributed by atoms with van der Waals surface area (Å²) in [5.74, 6) is 1.07. The molecule has 5 heteroatoms. The number of ether oxygens (including phenoxy) is 2. The molecule has 3 aromatic carbocycles. The zero-order valence-corrected chi connectivity index (χ0v) is 16.4. The zero-order valence-electron chi connectivity index (χ0n) is 16.4. The van der Waals surface area contributed by atoms with Crippen molar-refractivity contribution in [3.8, 4) is 11.5 Å². The number of carbonyl (C=O) groups is 1. The van der Waals surface area contributed by atoms with Gasteiger partial charge in [-0.25, -0.2) is 5.43 Å². The summed E-state index contributed by atoms with van der Waals surface area (Å²) in [6, 6.07) is 17.7. The molecule has 0 unspecified atom stereocenters. The molecule has 0 saturated carbocycles.